The third kappa shape index (κ3) is 6.82. The quantitative estimate of drug-likeness (QED) is 0.131. The maximum absolute atomic E-state index is 12.4. The molecule has 182 valence electrons. The predicted octanol–water partition coefficient (Wildman–Crippen LogP) is 1.09. The number of rotatable bonds is 9. The molecule has 0 aliphatic heterocycles. The van der Waals surface area contributed by atoms with Gasteiger partial charge in [-0.2, -0.15) is 0 Å². The predicted molar refractivity (Wildman–Crippen MR) is 136 cm³/mol. The van der Waals surface area contributed by atoms with Crippen molar-refractivity contribution >= 4 is 40.3 Å². The number of benzene rings is 1. The zero-order valence-corrected chi connectivity index (χ0v) is 19.3. The van der Waals surface area contributed by atoms with Gasteiger partial charge in [0.05, 0.1) is 25.5 Å². The van der Waals surface area contributed by atoms with Crippen LogP contribution in [0.5, 0.6) is 0 Å². The minimum absolute atomic E-state index is 0.166. The average molecular weight is 477 g/mol. The van der Waals surface area contributed by atoms with Gasteiger partial charge < -0.3 is 32.6 Å². The summed E-state index contributed by atoms with van der Waals surface area (Å²) in [4.78, 5) is 37.2. The molecule has 2 amide bonds. The second-order valence-corrected chi connectivity index (χ2v) is 7.51. The van der Waals surface area contributed by atoms with Crippen LogP contribution in [0, 0.1) is 6.92 Å². The van der Waals surface area contributed by atoms with E-state index in [-0.39, 0.29) is 11.5 Å². The van der Waals surface area contributed by atoms with Crippen LogP contribution in [0.2, 0.25) is 0 Å². The molecule has 3 rings (SSSR count). The minimum Gasteiger partial charge on any atom is -0.403 e. The van der Waals surface area contributed by atoms with Crippen LogP contribution < -0.4 is 27.8 Å². The van der Waals surface area contributed by atoms with Crippen molar-refractivity contribution in [1.29, 1.82) is 0 Å². The molecule has 2 heterocycles. The normalized spacial score (nSPS) is 11.7. The Balaban J connectivity index is 1.69. The maximum Gasteiger partial charge on any atom is 0.315 e. The summed E-state index contributed by atoms with van der Waals surface area (Å²) in [5.41, 5.74) is 20.7. The zero-order chi connectivity index (χ0) is 25.2. The number of nitrogens with two attached hydrogens (primary N) is 3. The fourth-order valence-electron chi connectivity index (χ4n) is 3.22. The molecule has 2 aromatic heterocycles. The van der Waals surface area contributed by atoms with Gasteiger partial charge in [-0.05, 0) is 47.7 Å². The molecule has 0 saturated carbocycles. The summed E-state index contributed by atoms with van der Waals surface area (Å²) in [7, 11) is 0. The van der Waals surface area contributed by atoms with Crippen LogP contribution in [0.15, 0.2) is 59.7 Å². The van der Waals surface area contributed by atoms with E-state index in [1.807, 2.05) is 25.1 Å². The summed E-state index contributed by atoms with van der Waals surface area (Å²) >= 11 is 0. The first kappa shape index (κ1) is 25.3. The van der Waals surface area contributed by atoms with Crippen molar-refractivity contribution in [3.8, 4) is 11.1 Å². The number of ether oxygens (including phenoxy) is 1. The largest absolute Gasteiger partial charge is 0.403 e. The van der Waals surface area contributed by atoms with E-state index in [1.165, 1.54) is 6.21 Å². The first-order valence-corrected chi connectivity index (χ1v) is 10.8. The third-order valence-electron chi connectivity index (χ3n) is 4.96. The monoisotopic (exact) mass is 476 g/mol. The molecular weight excluding hydrogens is 448 g/mol. The van der Waals surface area contributed by atoms with Gasteiger partial charge in [-0.1, -0.05) is 0 Å². The molecule has 11 heteroatoms. The van der Waals surface area contributed by atoms with Gasteiger partial charge in [0.15, 0.2) is 0 Å². The van der Waals surface area contributed by atoms with Gasteiger partial charge in [0.25, 0.3) is 0 Å². The van der Waals surface area contributed by atoms with E-state index < -0.39 is 11.8 Å². The standard InChI is InChI=1S/C24H28N8O3/c1-15-2-4-28-13-19(15)16-8-17-10-22(30-14-20(17)21(27)9-16)32-24(34)23(33)31-18(11-26)12-29-5-7-35-6-3-25/h2,4,8-14H,3,5-7,25-27H2,1H3,(H,31,33)(H,30,32,34). The molecule has 0 saturated heterocycles. The van der Waals surface area contributed by atoms with Gasteiger partial charge in [-0.3, -0.25) is 19.6 Å². The molecule has 0 atom stereocenters. The number of pyridine rings is 2. The van der Waals surface area contributed by atoms with E-state index in [1.54, 1.807) is 24.7 Å². The zero-order valence-electron chi connectivity index (χ0n) is 19.3. The van der Waals surface area contributed by atoms with Crippen LogP contribution in [0.3, 0.4) is 0 Å². The summed E-state index contributed by atoms with van der Waals surface area (Å²) < 4.78 is 5.20. The molecule has 0 bridgehead atoms. The van der Waals surface area contributed by atoms with Gasteiger partial charge in [-0.15, -0.1) is 0 Å². The molecule has 0 radical (unpaired) electrons. The van der Waals surface area contributed by atoms with E-state index in [0.717, 1.165) is 33.7 Å². The minimum atomic E-state index is -0.923. The van der Waals surface area contributed by atoms with Crippen LogP contribution in [-0.2, 0) is 14.3 Å². The van der Waals surface area contributed by atoms with Crippen LogP contribution in [0.25, 0.3) is 21.9 Å². The van der Waals surface area contributed by atoms with Crippen molar-refractivity contribution in [3.63, 3.8) is 0 Å². The molecule has 0 unspecified atom stereocenters. The fourth-order valence-corrected chi connectivity index (χ4v) is 3.22. The number of anilines is 2. The van der Waals surface area contributed by atoms with Gasteiger partial charge >= 0.3 is 11.8 Å². The lowest BCUT2D eigenvalue weighted by Gasteiger charge is -2.11. The Bertz CT molecular complexity index is 1270. The summed E-state index contributed by atoms with van der Waals surface area (Å²) in [6.45, 7) is 3.57. The summed E-state index contributed by atoms with van der Waals surface area (Å²) in [6, 6.07) is 7.34. The number of aromatic nitrogens is 2. The number of amides is 2. The lowest BCUT2D eigenvalue weighted by molar-refractivity contribution is -0.135. The smallest absolute Gasteiger partial charge is 0.315 e. The Hall–Kier alpha value is -4.35. The summed E-state index contributed by atoms with van der Waals surface area (Å²) in [5, 5.41) is 6.35. The molecule has 8 N–H and O–H groups in total. The molecule has 0 fully saturated rings. The lowest BCUT2D eigenvalue weighted by atomic mass is 9.99. The Morgan fingerprint density at radius 2 is 2.00 bits per heavy atom. The number of allylic oxidation sites excluding steroid dienone is 1. The van der Waals surface area contributed by atoms with E-state index in [4.69, 9.17) is 21.9 Å². The SMILES string of the molecule is Cc1ccncc1-c1cc(N)c2cnc(NC(=O)C(=O)NC(C=NCCOCCN)=CN)cc2c1. The van der Waals surface area contributed by atoms with Gasteiger partial charge in [-0.25, -0.2) is 4.98 Å². The van der Waals surface area contributed by atoms with E-state index in [2.05, 4.69) is 25.6 Å². The number of aryl methyl sites for hydroxylation is 1. The van der Waals surface area contributed by atoms with Crippen LogP contribution in [0.1, 0.15) is 5.56 Å². The van der Waals surface area contributed by atoms with E-state index in [9.17, 15) is 9.59 Å². The van der Waals surface area contributed by atoms with Crippen LogP contribution in [0.4, 0.5) is 11.5 Å². The van der Waals surface area contributed by atoms with Crippen molar-refractivity contribution in [2.75, 3.05) is 37.4 Å². The Kier molecular flexibility index (Phi) is 8.82. The van der Waals surface area contributed by atoms with Crippen LogP contribution in [-0.4, -0.2) is 54.3 Å². The number of carbonyl (C=O) groups excluding carboxylic acids is 2. The van der Waals surface area contributed by atoms with E-state index in [0.29, 0.717) is 32.0 Å². The Morgan fingerprint density at radius 3 is 2.74 bits per heavy atom. The molecule has 1 aromatic carbocycles. The number of fused-ring (bicyclic) bond motifs is 1. The number of nitrogen functional groups attached to an aromatic ring is 1. The fraction of sp³-hybridized carbons (Fsp3) is 0.208. The first-order chi connectivity index (χ1) is 16.9. The van der Waals surface area contributed by atoms with E-state index >= 15 is 0 Å². The van der Waals surface area contributed by atoms with Crippen molar-refractivity contribution in [3.05, 3.63) is 60.3 Å². The topological polar surface area (TPSA) is 184 Å². The highest BCUT2D eigenvalue weighted by atomic mass is 16.5. The average Bonchev–Trinajstić information content (AvgIpc) is 2.85. The van der Waals surface area contributed by atoms with Crippen molar-refractivity contribution in [2.45, 2.75) is 6.92 Å². The highest BCUT2D eigenvalue weighted by Crippen LogP contribution is 2.31. The molecule has 0 spiro atoms. The van der Waals surface area contributed by atoms with Gasteiger partial charge in [0, 0.05) is 54.2 Å². The third-order valence-corrected chi connectivity index (χ3v) is 4.96. The van der Waals surface area contributed by atoms with Crippen molar-refractivity contribution < 1.29 is 14.3 Å². The van der Waals surface area contributed by atoms with Gasteiger partial charge in [0.1, 0.15) is 5.82 Å². The number of carbonyl (C=O) groups is 2. The van der Waals surface area contributed by atoms with Crippen LogP contribution >= 0.6 is 0 Å². The Morgan fingerprint density at radius 1 is 1.17 bits per heavy atom. The van der Waals surface area contributed by atoms with Crippen molar-refractivity contribution in [1.82, 2.24) is 15.3 Å². The number of aliphatic imine (C=N–C) groups is 1. The van der Waals surface area contributed by atoms with Gasteiger partial charge in [0.2, 0.25) is 0 Å². The molecule has 0 aliphatic carbocycles. The summed E-state index contributed by atoms with van der Waals surface area (Å²) in [6.07, 6.45) is 7.51. The highest BCUT2D eigenvalue weighted by Gasteiger charge is 2.16. The molecule has 11 nitrogen and oxygen atoms in total. The summed E-state index contributed by atoms with van der Waals surface area (Å²) in [5.74, 6) is -1.64. The number of nitrogens with one attached hydrogen (secondary N) is 2. The second kappa shape index (κ2) is 12.2. The number of hydrogen-bond acceptors (Lipinski definition) is 9. The molecule has 0 aliphatic rings. The van der Waals surface area contributed by atoms with Crippen molar-refractivity contribution in [2.24, 2.45) is 16.5 Å². The lowest BCUT2D eigenvalue weighted by Crippen LogP contribution is -2.35. The first-order valence-electron chi connectivity index (χ1n) is 10.8. The molecule has 35 heavy (non-hydrogen) atoms. The number of nitrogens with zero attached hydrogens (tertiary/aromatic N) is 3. The highest BCUT2D eigenvalue weighted by molar-refractivity contribution is 6.40. The molecule has 3 aromatic rings. The second-order valence-electron chi connectivity index (χ2n) is 7.51. The molecular formula is C24H28N8O3. The number of hydrogen-bond donors (Lipinski definition) is 5. The Labute approximate surface area is 202 Å². The maximum atomic E-state index is 12.4.